The first-order chi connectivity index (χ1) is 25.4. The first-order valence-corrected chi connectivity index (χ1v) is 18.1. The molecule has 300 valence electrons. The molecule has 2 atom stereocenters. The number of aliphatic carboxylic acids is 5. The van der Waals surface area contributed by atoms with Crippen molar-refractivity contribution in [1.29, 1.82) is 0 Å². The fourth-order valence-electron chi connectivity index (χ4n) is 5.68. The predicted octanol–water partition coefficient (Wildman–Crippen LogP) is 1.67. The summed E-state index contributed by atoms with van der Waals surface area (Å²) in [6, 6.07) is 11.7. The number of ether oxygens (including phenoxy) is 2. The van der Waals surface area contributed by atoms with E-state index in [-0.39, 0.29) is 39.1 Å². The van der Waals surface area contributed by atoms with Crippen LogP contribution in [-0.2, 0) is 43.0 Å². The lowest BCUT2D eigenvalue weighted by atomic mass is 9.73. The van der Waals surface area contributed by atoms with Gasteiger partial charge in [0.15, 0.2) is 0 Å². The van der Waals surface area contributed by atoms with Gasteiger partial charge in [0.1, 0.15) is 11.5 Å². The molecule has 20 heteroatoms. The number of benzene rings is 2. The minimum Gasteiger partial charge on any atom is -0.497 e. The first kappa shape index (κ1) is 45.5. The minimum absolute atomic E-state index is 0.0172. The van der Waals surface area contributed by atoms with E-state index in [0.29, 0.717) is 17.9 Å². The zero-order chi connectivity index (χ0) is 40.5. The van der Waals surface area contributed by atoms with Gasteiger partial charge in [0.05, 0.1) is 47.1 Å². The molecule has 0 aliphatic heterocycles. The molecule has 0 aromatic heterocycles. The van der Waals surface area contributed by atoms with Gasteiger partial charge in [-0.05, 0) is 61.2 Å². The van der Waals surface area contributed by atoms with E-state index in [2.05, 4.69) is 5.32 Å². The maximum absolute atomic E-state index is 13.1. The van der Waals surface area contributed by atoms with Crippen molar-refractivity contribution in [2.75, 3.05) is 66.7 Å². The van der Waals surface area contributed by atoms with E-state index in [1.54, 1.807) is 14.2 Å². The first-order valence-electron chi connectivity index (χ1n) is 16.6. The summed E-state index contributed by atoms with van der Waals surface area (Å²) in [6.45, 7) is -2.02. The second kappa shape index (κ2) is 21.9. The third-order valence-electron chi connectivity index (χ3n) is 8.47. The SMILES string of the molecule is COc1ccc(C(C)(CCCOP(=O)(O)OCC(CN(CCCNC(C(=O)O)C(=O)O)CC(=O)O)N(CC(=O)O)CC(=O)O)c2ccc(OC)cc2)cc1. The molecule has 0 aliphatic carbocycles. The van der Waals surface area contributed by atoms with Crippen LogP contribution in [0.3, 0.4) is 0 Å². The Morgan fingerprint density at radius 1 is 0.759 bits per heavy atom. The average molecular weight is 786 g/mol. The van der Waals surface area contributed by atoms with Crippen LogP contribution in [-0.4, -0.2) is 149 Å². The monoisotopic (exact) mass is 785 g/mol. The van der Waals surface area contributed by atoms with Gasteiger partial charge < -0.3 is 39.9 Å². The van der Waals surface area contributed by atoms with Gasteiger partial charge in [-0.2, -0.15) is 0 Å². The summed E-state index contributed by atoms with van der Waals surface area (Å²) >= 11 is 0. The molecule has 2 aromatic rings. The molecule has 7 N–H and O–H groups in total. The number of methoxy groups -OCH3 is 2. The summed E-state index contributed by atoms with van der Waals surface area (Å²) in [7, 11) is -1.73. The van der Waals surface area contributed by atoms with E-state index in [1.165, 1.54) is 4.90 Å². The molecule has 2 rings (SSSR count). The number of rotatable bonds is 28. The summed E-state index contributed by atoms with van der Waals surface area (Å²) < 4.78 is 34.1. The van der Waals surface area contributed by atoms with Crippen molar-refractivity contribution in [1.82, 2.24) is 15.1 Å². The Morgan fingerprint density at radius 3 is 1.67 bits per heavy atom. The highest BCUT2D eigenvalue weighted by molar-refractivity contribution is 7.47. The third kappa shape index (κ3) is 15.4. The number of hydrogen-bond acceptors (Lipinski definition) is 13. The molecule has 2 unspecified atom stereocenters. The van der Waals surface area contributed by atoms with Gasteiger partial charge in [-0.25, -0.2) is 14.2 Å². The van der Waals surface area contributed by atoms with Gasteiger partial charge in [-0.1, -0.05) is 31.2 Å². The van der Waals surface area contributed by atoms with Crippen LogP contribution in [0.25, 0.3) is 0 Å². The van der Waals surface area contributed by atoms with Crippen LogP contribution in [0.15, 0.2) is 48.5 Å². The van der Waals surface area contributed by atoms with Gasteiger partial charge in [0.2, 0.25) is 6.04 Å². The summed E-state index contributed by atoms with van der Waals surface area (Å²) in [5, 5.41) is 48.8. The molecule has 2 aromatic carbocycles. The van der Waals surface area contributed by atoms with E-state index < -0.39 is 81.4 Å². The van der Waals surface area contributed by atoms with E-state index in [1.807, 2.05) is 55.5 Å². The zero-order valence-electron chi connectivity index (χ0n) is 30.2. The predicted molar refractivity (Wildman–Crippen MR) is 190 cm³/mol. The largest absolute Gasteiger partial charge is 0.497 e. The van der Waals surface area contributed by atoms with Gasteiger partial charge in [-0.15, -0.1) is 0 Å². The fourth-order valence-corrected chi connectivity index (χ4v) is 6.48. The molecule has 0 saturated heterocycles. The van der Waals surface area contributed by atoms with E-state index in [4.69, 9.17) is 28.7 Å². The molecule has 0 bridgehead atoms. The van der Waals surface area contributed by atoms with Crippen LogP contribution in [0.4, 0.5) is 0 Å². The Labute approximate surface area is 311 Å². The Kier molecular flexibility index (Phi) is 18.5. The molecule has 0 heterocycles. The molecular formula is C34H48N3O16P. The van der Waals surface area contributed by atoms with E-state index in [9.17, 15) is 48.8 Å². The van der Waals surface area contributed by atoms with E-state index >= 15 is 0 Å². The Balaban J connectivity index is 2.19. The van der Waals surface area contributed by atoms with Gasteiger partial charge >= 0.3 is 37.7 Å². The summed E-state index contributed by atoms with van der Waals surface area (Å²) in [5.41, 5.74) is 1.27. The van der Waals surface area contributed by atoms with Crippen molar-refractivity contribution in [3.8, 4) is 11.5 Å². The van der Waals surface area contributed by atoms with Crippen molar-refractivity contribution >= 4 is 37.7 Å². The highest BCUT2D eigenvalue weighted by Gasteiger charge is 2.32. The Bertz CT molecular complexity index is 1510. The highest BCUT2D eigenvalue weighted by atomic mass is 31.2. The molecule has 0 spiro atoms. The highest BCUT2D eigenvalue weighted by Crippen LogP contribution is 2.44. The number of nitrogens with zero attached hydrogens (tertiary/aromatic N) is 2. The van der Waals surface area contributed by atoms with Gasteiger partial charge in [0, 0.05) is 24.5 Å². The number of phosphoric acid groups is 1. The Morgan fingerprint density at radius 2 is 1.24 bits per heavy atom. The minimum atomic E-state index is -4.84. The van der Waals surface area contributed by atoms with Crippen molar-refractivity contribution in [3.05, 3.63) is 59.7 Å². The molecule has 0 radical (unpaired) electrons. The molecule has 19 nitrogen and oxygen atoms in total. The molecular weight excluding hydrogens is 737 g/mol. The topological polar surface area (TPSA) is 279 Å². The van der Waals surface area contributed by atoms with Crippen LogP contribution in [0.1, 0.15) is 37.3 Å². The molecule has 0 saturated carbocycles. The quantitative estimate of drug-likeness (QED) is 0.0367. The number of carbonyl (C=O) groups is 5. The molecule has 0 fully saturated rings. The fraction of sp³-hybridized carbons (Fsp3) is 0.500. The molecule has 54 heavy (non-hydrogen) atoms. The average Bonchev–Trinajstić information content (AvgIpc) is 3.10. The van der Waals surface area contributed by atoms with Crippen LogP contribution < -0.4 is 14.8 Å². The number of phosphoric ester groups is 1. The normalized spacial score (nSPS) is 13.4. The van der Waals surface area contributed by atoms with E-state index in [0.717, 1.165) is 16.0 Å². The maximum atomic E-state index is 13.1. The zero-order valence-corrected chi connectivity index (χ0v) is 31.1. The number of carboxylic acid groups (broad SMARTS) is 5. The van der Waals surface area contributed by atoms with Crippen LogP contribution in [0.2, 0.25) is 0 Å². The van der Waals surface area contributed by atoms with Crippen LogP contribution in [0, 0.1) is 0 Å². The van der Waals surface area contributed by atoms with Gasteiger partial charge in [-0.3, -0.25) is 38.5 Å². The lowest BCUT2D eigenvalue weighted by Gasteiger charge is -2.33. The lowest BCUT2D eigenvalue weighted by molar-refractivity contribution is -0.151. The summed E-state index contributed by atoms with van der Waals surface area (Å²) in [4.78, 5) is 70.0. The van der Waals surface area contributed by atoms with Crippen LogP contribution >= 0.6 is 7.82 Å². The summed E-state index contributed by atoms with van der Waals surface area (Å²) in [5.74, 6) is -6.17. The smallest absolute Gasteiger partial charge is 0.472 e. The van der Waals surface area contributed by atoms with Crippen molar-refractivity contribution < 1.29 is 77.5 Å². The molecule has 0 aliphatic rings. The number of hydrogen-bond donors (Lipinski definition) is 7. The van der Waals surface area contributed by atoms with Crippen molar-refractivity contribution in [2.45, 2.75) is 43.7 Å². The molecule has 0 amide bonds. The number of carboxylic acids is 5. The van der Waals surface area contributed by atoms with Crippen molar-refractivity contribution in [3.63, 3.8) is 0 Å². The second-order valence-electron chi connectivity index (χ2n) is 12.4. The summed E-state index contributed by atoms with van der Waals surface area (Å²) in [6.07, 6.45) is 0.725. The number of nitrogens with one attached hydrogen (secondary N) is 1. The van der Waals surface area contributed by atoms with Crippen LogP contribution in [0.5, 0.6) is 11.5 Å². The second-order valence-corrected chi connectivity index (χ2v) is 13.8. The van der Waals surface area contributed by atoms with Crippen molar-refractivity contribution in [2.24, 2.45) is 0 Å². The maximum Gasteiger partial charge on any atom is 0.472 e. The lowest BCUT2D eigenvalue weighted by Crippen LogP contribution is -2.51. The standard InChI is InChI=1S/C34H48N3O16P/c1-34(23-6-10-26(50-2)11-7-23,24-8-12-27(51-3)13-9-24)14-4-17-52-54(48,49)53-22-25(37(20-29(40)41)21-30(42)43)18-36(19-28(38)39)16-5-15-35-31(32(44)45)33(46)47/h6-13,25,31,35H,4-5,14-22H2,1-3H3,(H,38,39)(H,40,41)(H,42,43)(H,44,45)(H,46,47)(H,48,49). The third-order valence-corrected chi connectivity index (χ3v) is 9.46. The van der Waals surface area contributed by atoms with Gasteiger partial charge in [0.25, 0.3) is 0 Å². The Hall–Kier alpha value is -4.62.